The van der Waals surface area contributed by atoms with E-state index in [1.54, 1.807) is 0 Å². The van der Waals surface area contributed by atoms with Crippen LogP contribution < -0.4 is 5.32 Å². The smallest absolute Gasteiger partial charge is 0.410 e. The van der Waals surface area contributed by atoms with Gasteiger partial charge in [0.25, 0.3) is 0 Å². The number of ether oxygens (including phenoxy) is 2. The number of nitrogens with one attached hydrogen (secondary N) is 1. The molecule has 0 bridgehead atoms. The Morgan fingerprint density at radius 1 is 1.11 bits per heavy atom. The summed E-state index contributed by atoms with van der Waals surface area (Å²) in [6.45, 7) is 13.9. The lowest BCUT2D eigenvalue weighted by molar-refractivity contribution is 0.0127. The highest BCUT2D eigenvalue weighted by molar-refractivity contribution is 5.68. The van der Waals surface area contributed by atoms with Crippen LogP contribution >= 0.6 is 0 Å². The predicted molar refractivity (Wildman–Crippen MR) is 105 cm³/mol. The summed E-state index contributed by atoms with van der Waals surface area (Å²) in [7, 11) is 0. The first-order valence-corrected chi connectivity index (χ1v) is 10.3. The highest BCUT2D eigenvalue weighted by Gasteiger charge is 2.29. The first kappa shape index (κ1) is 21.8. The Morgan fingerprint density at radius 3 is 2.37 bits per heavy atom. The maximum atomic E-state index is 12.2. The second kappa shape index (κ2) is 9.62. The van der Waals surface area contributed by atoms with Crippen molar-refractivity contribution in [3.63, 3.8) is 0 Å². The Morgan fingerprint density at radius 2 is 1.78 bits per heavy atom. The van der Waals surface area contributed by atoms with Crippen LogP contribution in [0.3, 0.4) is 0 Å². The second-order valence-corrected chi connectivity index (χ2v) is 9.14. The molecular formula is C20H37N3O4. The molecule has 2 heterocycles. The van der Waals surface area contributed by atoms with E-state index in [2.05, 4.69) is 10.2 Å². The number of hydrogen-bond donors (Lipinski definition) is 1. The van der Waals surface area contributed by atoms with E-state index < -0.39 is 5.60 Å². The largest absolute Gasteiger partial charge is 0.445 e. The highest BCUT2D eigenvalue weighted by Crippen LogP contribution is 2.23. The van der Waals surface area contributed by atoms with E-state index in [-0.39, 0.29) is 24.3 Å². The van der Waals surface area contributed by atoms with Gasteiger partial charge in [-0.25, -0.2) is 9.59 Å². The molecule has 0 unspecified atom stereocenters. The van der Waals surface area contributed by atoms with Crippen LogP contribution in [-0.4, -0.2) is 72.5 Å². The van der Waals surface area contributed by atoms with E-state index in [1.165, 1.54) is 0 Å². The first-order chi connectivity index (χ1) is 12.6. The molecule has 1 atom stereocenters. The molecule has 0 aromatic rings. The van der Waals surface area contributed by atoms with Gasteiger partial charge in [0, 0.05) is 32.2 Å². The van der Waals surface area contributed by atoms with Gasteiger partial charge in [0.15, 0.2) is 0 Å². The number of amides is 2. The van der Waals surface area contributed by atoms with Gasteiger partial charge in [0.2, 0.25) is 0 Å². The molecule has 2 amide bonds. The number of hydrogen-bond acceptors (Lipinski definition) is 5. The summed E-state index contributed by atoms with van der Waals surface area (Å²) in [4.78, 5) is 28.2. The number of carbonyl (C=O) groups excluding carboxylic acids is 2. The predicted octanol–water partition coefficient (Wildman–Crippen LogP) is 3.23. The molecule has 0 spiro atoms. The van der Waals surface area contributed by atoms with E-state index in [9.17, 15) is 9.59 Å². The van der Waals surface area contributed by atoms with Crippen LogP contribution in [0.25, 0.3) is 0 Å². The van der Waals surface area contributed by atoms with Crippen molar-refractivity contribution in [2.24, 2.45) is 5.92 Å². The standard InChI is InChI=1S/C20H37N3O4/c1-15(2)21-18(24)26-17-7-6-10-22(14-17)13-16-8-11-23(12-9-16)19(25)27-20(3,4)5/h15-17H,6-14H2,1-5H3,(H,21,24)/t17-/m0/s1. The summed E-state index contributed by atoms with van der Waals surface area (Å²) < 4.78 is 11.0. The van der Waals surface area contributed by atoms with Crippen LogP contribution in [0.1, 0.15) is 60.3 Å². The lowest BCUT2D eigenvalue weighted by atomic mass is 9.95. The number of likely N-dealkylation sites (tertiary alicyclic amines) is 2. The normalized spacial score (nSPS) is 22.6. The zero-order chi connectivity index (χ0) is 20.0. The lowest BCUT2D eigenvalue weighted by Crippen LogP contribution is -2.47. The zero-order valence-corrected chi connectivity index (χ0v) is 17.6. The average molecular weight is 384 g/mol. The molecule has 27 heavy (non-hydrogen) atoms. The topological polar surface area (TPSA) is 71.1 Å². The van der Waals surface area contributed by atoms with E-state index >= 15 is 0 Å². The van der Waals surface area contributed by atoms with Gasteiger partial charge in [-0.2, -0.15) is 0 Å². The van der Waals surface area contributed by atoms with Gasteiger partial charge in [-0.05, 0) is 72.8 Å². The fraction of sp³-hybridized carbons (Fsp3) is 0.900. The molecule has 156 valence electrons. The Balaban J connectivity index is 1.72. The number of alkyl carbamates (subject to hydrolysis) is 1. The molecule has 2 fully saturated rings. The van der Waals surface area contributed by atoms with Crippen molar-refractivity contribution in [3.8, 4) is 0 Å². The summed E-state index contributed by atoms with van der Waals surface area (Å²) in [5, 5.41) is 2.79. The molecule has 2 rings (SSSR count). The fourth-order valence-electron chi connectivity index (χ4n) is 3.69. The summed E-state index contributed by atoms with van der Waals surface area (Å²) >= 11 is 0. The van der Waals surface area contributed by atoms with Crippen LogP contribution in [0, 0.1) is 5.92 Å². The van der Waals surface area contributed by atoms with Crippen LogP contribution in [-0.2, 0) is 9.47 Å². The van der Waals surface area contributed by atoms with Crippen molar-refractivity contribution < 1.29 is 19.1 Å². The van der Waals surface area contributed by atoms with Crippen LogP contribution in [0.4, 0.5) is 9.59 Å². The quantitative estimate of drug-likeness (QED) is 0.807. The van der Waals surface area contributed by atoms with Gasteiger partial charge >= 0.3 is 12.2 Å². The van der Waals surface area contributed by atoms with E-state index in [0.29, 0.717) is 5.92 Å². The summed E-state index contributed by atoms with van der Waals surface area (Å²) in [6, 6.07) is 0.0901. The molecule has 1 N–H and O–H groups in total. The van der Waals surface area contributed by atoms with Gasteiger partial charge in [0.1, 0.15) is 11.7 Å². The van der Waals surface area contributed by atoms with E-state index in [4.69, 9.17) is 9.47 Å². The van der Waals surface area contributed by atoms with Crippen molar-refractivity contribution in [2.75, 3.05) is 32.7 Å². The number of piperidine rings is 2. The minimum absolute atomic E-state index is 0.0284. The molecule has 0 aliphatic carbocycles. The summed E-state index contributed by atoms with van der Waals surface area (Å²) in [5.41, 5.74) is -0.446. The minimum Gasteiger partial charge on any atom is -0.445 e. The third-order valence-electron chi connectivity index (χ3n) is 4.93. The third kappa shape index (κ3) is 7.95. The third-order valence-corrected chi connectivity index (χ3v) is 4.93. The second-order valence-electron chi connectivity index (χ2n) is 9.14. The van der Waals surface area contributed by atoms with Gasteiger partial charge in [-0.15, -0.1) is 0 Å². The van der Waals surface area contributed by atoms with Crippen LogP contribution in [0.2, 0.25) is 0 Å². The fourth-order valence-corrected chi connectivity index (χ4v) is 3.69. The average Bonchev–Trinajstić information content (AvgIpc) is 2.53. The van der Waals surface area contributed by atoms with Crippen molar-refractivity contribution in [1.82, 2.24) is 15.1 Å². The molecular weight excluding hydrogens is 346 g/mol. The lowest BCUT2D eigenvalue weighted by Gasteiger charge is -2.38. The number of nitrogens with zero attached hydrogens (tertiary/aromatic N) is 2. The Hall–Kier alpha value is -1.50. The number of rotatable bonds is 4. The maximum absolute atomic E-state index is 12.2. The summed E-state index contributed by atoms with van der Waals surface area (Å²) in [5.74, 6) is 0.576. The van der Waals surface area contributed by atoms with Crippen LogP contribution in [0.15, 0.2) is 0 Å². The molecule has 2 aliphatic heterocycles. The zero-order valence-electron chi connectivity index (χ0n) is 17.6. The van der Waals surface area contributed by atoms with Crippen molar-refractivity contribution in [2.45, 2.75) is 78.0 Å². The van der Waals surface area contributed by atoms with Gasteiger partial charge < -0.3 is 19.7 Å². The van der Waals surface area contributed by atoms with Gasteiger partial charge in [0.05, 0.1) is 0 Å². The molecule has 2 saturated heterocycles. The maximum Gasteiger partial charge on any atom is 0.410 e. The van der Waals surface area contributed by atoms with Gasteiger partial charge in [-0.1, -0.05) is 0 Å². The minimum atomic E-state index is -0.446. The molecule has 0 aromatic heterocycles. The SMILES string of the molecule is CC(C)NC(=O)O[C@H]1CCCN(CC2CCN(C(=O)OC(C)(C)C)CC2)C1. The molecule has 0 saturated carbocycles. The molecule has 0 aromatic carbocycles. The first-order valence-electron chi connectivity index (χ1n) is 10.3. The molecule has 7 nitrogen and oxygen atoms in total. The van der Waals surface area contributed by atoms with Gasteiger partial charge in [-0.3, -0.25) is 4.90 Å². The monoisotopic (exact) mass is 383 g/mol. The highest BCUT2D eigenvalue weighted by atomic mass is 16.6. The number of carbonyl (C=O) groups is 2. The van der Waals surface area contributed by atoms with E-state index in [1.807, 2.05) is 39.5 Å². The Labute approximate surface area is 163 Å². The molecule has 0 radical (unpaired) electrons. The molecule has 2 aliphatic rings. The van der Waals surface area contributed by atoms with Crippen molar-refractivity contribution >= 4 is 12.2 Å². The summed E-state index contributed by atoms with van der Waals surface area (Å²) in [6.07, 6.45) is 3.42. The molecule has 7 heteroatoms. The van der Waals surface area contributed by atoms with Crippen molar-refractivity contribution in [1.29, 1.82) is 0 Å². The Bertz CT molecular complexity index is 496. The Kier molecular flexibility index (Phi) is 7.77. The van der Waals surface area contributed by atoms with E-state index in [0.717, 1.165) is 58.4 Å². The van der Waals surface area contributed by atoms with Crippen molar-refractivity contribution in [3.05, 3.63) is 0 Å². The van der Waals surface area contributed by atoms with Crippen LogP contribution in [0.5, 0.6) is 0 Å².